The Morgan fingerprint density at radius 2 is 2.09 bits per heavy atom. The third kappa shape index (κ3) is 5.62. The summed E-state index contributed by atoms with van der Waals surface area (Å²) in [4.78, 5) is 13.9. The number of aliphatic hydroxyl groups excluding tert-OH is 1. The van der Waals surface area contributed by atoms with Crippen molar-refractivity contribution in [2.75, 3.05) is 13.2 Å². The van der Waals surface area contributed by atoms with Gasteiger partial charge in [-0.2, -0.15) is 0 Å². The summed E-state index contributed by atoms with van der Waals surface area (Å²) in [6, 6.07) is -0.0397. The van der Waals surface area contributed by atoms with Gasteiger partial charge in [-0.1, -0.05) is 33.4 Å². The molecule has 0 spiro atoms. The predicted molar refractivity (Wildman–Crippen MR) is 95.0 cm³/mol. The molecule has 1 aliphatic rings. The van der Waals surface area contributed by atoms with Crippen molar-refractivity contribution >= 4 is 14.4 Å². The second-order valence-electron chi connectivity index (χ2n) is 7.99. The molecule has 0 radical (unpaired) electrons. The first-order valence-corrected chi connectivity index (χ1v) is 11.3. The minimum absolute atomic E-state index is 0.0101. The lowest BCUT2D eigenvalue weighted by Crippen LogP contribution is -2.44. The van der Waals surface area contributed by atoms with Gasteiger partial charge >= 0.3 is 6.09 Å². The molecular formula is C17H33NO4Si. The van der Waals surface area contributed by atoms with Crippen LogP contribution in [0.2, 0.25) is 18.1 Å². The summed E-state index contributed by atoms with van der Waals surface area (Å²) >= 11 is 0. The van der Waals surface area contributed by atoms with E-state index in [0.29, 0.717) is 13.0 Å². The standard InChI is InChI=1S/C17H33NO4Si/c1-8-9-21-16(20)18-12-15(11-14(18)10-13(2)19)22-23(6,7)17(3,4)5/h8,13-15,19H,1,9-12H2,2-7H3/t13-,14+,15+/m0/s1. The molecule has 0 aromatic heterocycles. The van der Waals surface area contributed by atoms with Gasteiger partial charge in [-0.05, 0) is 37.9 Å². The average Bonchev–Trinajstić information content (AvgIpc) is 2.75. The molecule has 1 fully saturated rings. The minimum Gasteiger partial charge on any atom is -0.445 e. The van der Waals surface area contributed by atoms with E-state index in [9.17, 15) is 9.90 Å². The molecule has 1 N–H and O–H groups in total. The van der Waals surface area contributed by atoms with Gasteiger partial charge < -0.3 is 19.2 Å². The normalized spacial score (nSPS) is 23.7. The van der Waals surface area contributed by atoms with E-state index in [1.807, 2.05) is 0 Å². The number of rotatable bonds is 6. The highest BCUT2D eigenvalue weighted by molar-refractivity contribution is 6.74. The van der Waals surface area contributed by atoms with Gasteiger partial charge in [-0.3, -0.25) is 0 Å². The van der Waals surface area contributed by atoms with Crippen molar-refractivity contribution in [3.05, 3.63) is 12.7 Å². The fourth-order valence-electron chi connectivity index (χ4n) is 2.61. The van der Waals surface area contributed by atoms with Crippen molar-refractivity contribution in [2.24, 2.45) is 0 Å². The molecule has 1 heterocycles. The maximum atomic E-state index is 12.2. The Hall–Kier alpha value is -0.853. The molecular weight excluding hydrogens is 310 g/mol. The highest BCUT2D eigenvalue weighted by Crippen LogP contribution is 2.39. The fourth-order valence-corrected chi connectivity index (χ4v) is 3.96. The molecule has 1 saturated heterocycles. The van der Waals surface area contributed by atoms with Crippen LogP contribution in [-0.4, -0.2) is 55.8 Å². The van der Waals surface area contributed by atoms with Crippen molar-refractivity contribution in [1.82, 2.24) is 4.90 Å². The lowest BCUT2D eigenvalue weighted by Gasteiger charge is -2.38. The SMILES string of the molecule is C=CCOC(=O)N1C[C@H](O[Si](C)(C)C(C)(C)C)C[C@H]1C[C@H](C)O. The number of carbonyl (C=O) groups excluding carboxylic acids is 1. The molecule has 6 heteroatoms. The zero-order chi connectivity index (χ0) is 17.8. The van der Waals surface area contributed by atoms with Crippen LogP contribution in [0.25, 0.3) is 0 Å². The Morgan fingerprint density at radius 1 is 1.48 bits per heavy atom. The number of hydrogen-bond donors (Lipinski definition) is 1. The highest BCUT2D eigenvalue weighted by Gasteiger charge is 2.44. The summed E-state index contributed by atoms with van der Waals surface area (Å²) in [5, 5.41) is 9.84. The summed E-state index contributed by atoms with van der Waals surface area (Å²) in [7, 11) is -1.89. The Bertz CT molecular complexity index is 417. The van der Waals surface area contributed by atoms with Gasteiger partial charge in [0.2, 0.25) is 0 Å². The zero-order valence-corrected chi connectivity index (χ0v) is 16.5. The highest BCUT2D eigenvalue weighted by atomic mass is 28.4. The monoisotopic (exact) mass is 343 g/mol. The lowest BCUT2D eigenvalue weighted by atomic mass is 10.1. The molecule has 0 aromatic rings. The van der Waals surface area contributed by atoms with Crippen LogP contribution in [0.3, 0.4) is 0 Å². The molecule has 1 amide bonds. The van der Waals surface area contributed by atoms with Crippen LogP contribution in [0.4, 0.5) is 4.79 Å². The predicted octanol–water partition coefficient (Wildman–Crippen LogP) is 3.54. The average molecular weight is 344 g/mol. The molecule has 0 unspecified atom stereocenters. The van der Waals surface area contributed by atoms with Gasteiger partial charge in [0.25, 0.3) is 0 Å². The molecule has 3 atom stereocenters. The number of nitrogens with zero attached hydrogens (tertiary/aromatic N) is 1. The Labute approximate surface area is 141 Å². The summed E-state index contributed by atoms with van der Waals surface area (Å²) < 4.78 is 11.6. The van der Waals surface area contributed by atoms with Crippen LogP contribution in [0.15, 0.2) is 12.7 Å². The van der Waals surface area contributed by atoms with Crippen LogP contribution in [0.5, 0.6) is 0 Å². The van der Waals surface area contributed by atoms with E-state index in [2.05, 4.69) is 40.4 Å². The van der Waals surface area contributed by atoms with Crippen LogP contribution < -0.4 is 0 Å². The first-order chi connectivity index (χ1) is 10.5. The van der Waals surface area contributed by atoms with Crippen LogP contribution >= 0.6 is 0 Å². The molecule has 0 saturated carbocycles. The quantitative estimate of drug-likeness (QED) is 0.592. The van der Waals surface area contributed by atoms with E-state index in [1.165, 1.54) is 0 Å². The molecule has 134 valence electrons. The smallest absolute Gasteiger partial charge is 0.410 e. The Morgan fingerprint density at radius 3 is 2.57 bits per heavy atom. The first-order valence-electron chi connectivity index (χ1n) is 8.38. The van der Waals surface area contributed by atoms with E-state index in [4.69, 9.17) is 9.16 Å². The maximum Gasteiger partial charge on any atom is 0.410 e. The summed E-state index contributed by atoms with van der Waals surface area (Å²) in [5.41, 5.74) is 0. The topological polar surface area (TPSA) is 59.0 Å². The van der Waals surface area contributed by atoms with Gasteiger partial charge in [0.1, 0.15) is 6.61 Å². The summed E-state index contributed by atoms with van der Waals surface area (Å²) in [6.45, 7) is 17.1. The van der Waals surface area contributed by atoms with Crippen LogP contribution in [0, 0.1) is 0 Å². The van der Waals surface area contributed by atoms with E-state index >= 15 is 0 Å². The summed E-state index contributed by atoms with van der Waals surface area (Å²) in [5.74, 6) is 0. The largest absolute Gasteiger partial charge is 0.445 e. The molecule has 23 heavy (non-hydrogen) atoms. The van der Waals surface area contributed by atoms with Crippen molar-refractivity contribution in [3.8, 4) is 0 Å². The third-order valence-corrected chi connectivity index (χ3v) is 9.35. The molecule has 0 aromatic carbocycles. The fraction of sp³-hybridized carbons (Fsp3) is 0.824. The number of amides is 1. The number of hydrogen-bond acceptors (Lipinski definition) is 4. The Kier molecular flexibility index (Phi) is 6.86. The van der Waals surface area contributed by atoms with E-state index in [-0.39, 0.29) is 29.9 Å². The Balaban J connectivity index is 2.79. The third-order valence-electron chi connectivity index (χ3n) is 4.82. The van der Waals surface area contributed by atoms with Gasteiger partial charge in [0.15, 0.2) is 8.32 Å². The zero-order valence-electron chi connectivity index (χ0n) is 15.5. The molecule has 1 rings (SSSR count). The number of aliphatic hydroxyl groups is 1. The number of ether oxygens (including phenoxy) is 1. The maximum absolute atomic E-state index is 12.2. The molecule has 5 nitrogen and oxygen atoms in total. The van der Waals surface area contributed by atoms with E-state index < -0.39 is 14.4 Å². The minimum atomic E-state index is -1.89. The lowest BCUT2D eigenvalue weighted by molar-refractivity contribution is 0.0896. The molecule has 0 aliphatic carbocycles. The molecule has 0 bridgehead atoms. The van der Waals surface area contributed by atoms with Crippen LogP contribution in [0.1, 0.15) is 40.5 Å². The first kappa shape index (κ1) is 20.2. The number of carbonyl (C=O) groups is 1. The van der Waals surface area contributed by atoms with Crippen molar-refractivity contribution in [2.45, 2.75) is 76.9 Å². The van der Waals surface area contributed by atoms with Crippen molar-refractivity contribution < 1.29 is 19.1 Å². The van der Waals surface area contributed by atoms with E-state index in [1.54, 1.807) is 17.9 Å². The van der Waals surface area contributed by atoms with Gasteiger partial charge in [0, 0.05) is 12.6 Å². The molecule has 1 aliphatic heterocycles. The number of likely N-dealkylation sites (tertiary alicyclic amines) is 1. The summed E-state index contributed by atoms with van der Waals surface area (Å²) in [6.07, 6.45) is 2.05. The van der Waals surface area contributed by atoms with E-state index in [0.717, 1.165) is 6.42 Å². The second kappa shape index (κ2) is 7.81. The van der Waals surface area contributed by atoms with Gasteiger partial charge in [-0.15, -0.1) is 0 Å². The van der Waals surface area contributed by atoms with Crippen molar-refractivity contribution in [1.29, 1.82) is 0 Å². The van der Waals surface area contributed by atoms with Gasteiger partial charge in [0.05, 0.1) is 12.2 Å². The van der Waals surface area contributed by atoms with Crippen molar-refractivity contribution in [3.63, 3.8) is 0 Å². The van der Waals surface area contributed by atoms with Crippen LogP contribution in [-0.2, 0) is 9.16 Å². The van der Waals surface area contributed by atoms with Gasteiger partial charge in [-0.25, -0.2) is 4.79 Å². The second-order valence-corrected chi connectivity index (χ2v) is 12.7.